The van der Waals surface area contributed by atoms with Crippen LogP contribution in [0.1, 0.15) is 5.69 Å². The second kappa shape index (κ2) is 4.19. The van der Waals surface area contributed by atoms with Crippen LogP contribution in [0, 0.1) is 0 Å². The van der Waals surface area contributed by atoms with Crippen molar-refractivity contribution >= 4 is 28.1 Å². The van der Waals surface area contributed by atoms with Gasteiger partial charge in [0.2, 0.25) is 0 Å². The van der Waals surface area contributed by atoms with Crippen molar-refractivity contribution in [3.05, 3.63) is 48.3 Å². The van der Waals surface area contributed by atoms with E-state index in [2.05, 4.69) is 15.2 Å². The first-order chi connectivity index (χ1) is 8.75. The zero-order valence-electron chi connectivity index (χ0n) is 9.42. The van der Waals surface area contributed by atoms with Crippen LogP contribution in [0.2, 0.25) is 0 Å². The summed E-state index contributed by atoms with van der Waals surface area (Å²) in [6.45, 7) is 0. The van der Waals surface area contributed by atoms with Gasteiger partial charge in [0.15, 0.2) is 0 Å². The summed E-state index contributed by atoms with van der Waals surface area (Å²) in [6.07, 6.45) is 1.79. The van der Waals surface area contributed by atoms with Crippen molar-refractivity contribution in [2.75, 3.05) is 0 Å². The fourth-order valence-corrected chi connectivity index (χ4v) is 2.03. The van der Waals surface area contributed by atoms with Gasteiger partial charge in [0.05, 0.1) is 23.1 Å². The molecule has 0 unspecified atom stereocenters. The maximum absolute atomic E-state index is 5.60. The molecule has 0 amide bonds. The number of benzene rings is 1. The summed E-state index contributed by atoms with van der Waals surface area (Å²) >= 11 is 4.95. The fourth-order valence-electron chi connectivity index (χ4n) is 1.91. The van der Waals surface area contributed by atoms with Crippen LogP contribution in [0.25, 0.3) is 22.2 Å². The van der Waals surface area contributed by atoms with E-state index in [1.807, 2.05) is 30.3 Å². The number of aromatic amines is 1. The molecule has 0 aliphatic carbocycles. The van der Waals surface area contributed by atoms with E-state index >= 15 is 0 Å². The SMILES string of the molecule is NC(=S)c1cccc(-c2cccc3[nH]ncc23)n1. The molecule has 88 valence electrons. The molecule has 0 saturated heterocycles. The van der Waals surface area contributed by atoms with Gasteiger partial charge in [-0.2, -0.15) is 5.10 Å². The average molecular weight is 254 g/mol. The van der Waals surface area contributed by atoms with Crippen LogP contribution in [0.4, 0.5) is 0 Å². The Hall–Kier alpha value is -2.27. The Bertz CT molecular complexity index is 732. The maximum Gasteiger partial charge on any atom is 0.122 e. The topological polar surface area (TPSA) is 67.6 Å². The third-order valence-corrected chi connectivity index (χ3v) is 2.97. The van der Waals surface area contributed by atoms with Crippen molar-refractivity contribution in [2.45, 2.75) is 0 Å². The molecule has 18 heavy (non-hydrogen) atoms. The molecule has 3 N–H and O–H groups in total. The van der Waals surface area contributed by atoms with Gasteiger partial charge in [0, 0.05) is 10.9 Å². The zero-order chi connectivity index (χ0) is 12.5. The molecule has 0 aliphatic heterocycles. The Morgan fingerprint density at radius 1 is 1.17 bits per heavy atom. The van der Waals surface area contributed by atoms with Crippen LogP contribution < -0.4 is 5.73 Å². The number of nitrogens with zero attached hydrogens (tertiary/aromatic N) is 2. The standard InChI is InChI=1S/C13H10N4S/c14-13(18)12-6-2-4-10(16-12)8-3-1-5-11-9(8)7-15-17-11/h1-7H,(H2,14,18)(H,15,17). The first-order valence-corrected chi connectivity index (χ1v) is 5.86. The van der Waals surface area contributed by atoms with Crippen molar-refractivity contribution in [3.8, 4) is 11.3 Å². The Balaban J connectivity index is 2.23. The summed E-state index contributed by atoms with van der Waals surface area (Å²) in [7, 11) is 0. The lowest BCUT2D eigenvalue weighted by Crippen LogP contribution is -2.11. The molecule has 3 rings (SSSR count). The number of nitrogens with one attached hydrogen (secondary N) is 1. The van der Waals surface area contributed by atoms with Gasteiger partial charge in [0.1, 0.15) is 4.99 Å². The van der Waals surface area contributed by atoms with E-state index in [4.69, 9.17) is 18.0 Å². The van der Waals surface area contributed by atoms with Crippen LogP contribution in [-0.4, -0.2) is 20.2 Å². The maximum atomic E-state index is 5.60. The average Bonchev–Trinajstić information content (AvgIpc) is 2.87. The highest BCUT2D eigenvalue weighted by atomic mass is 32.1. The molecule has 0 radical (unpaired) electrons. The van der Waals surface area contributed by atoms with Crippen molar-refractivity contribution in [2.24, 2.45) is 5.73 Å². The molecule has 0 bridgehead atoms. The van der Waals surface area contributed by atoms with E-state index < -0.39 is 0 Å². The monoisotopic (exact) mass is 254 g/mol. The van der Waals surface area contributed by atoms with Gasteiger partial charge < -0.3 is 5.73 Å². The molecule has 0 atom stereocenters. The van der Waals surface area contributed by atoms with Crippen LogP contribution >= 0.6 is 12.2 Å². The molecule has 0 fully saturated rings. The first-order valence-electron chi connectivity index (χ1n) is 5.45. The van der Waals surface area contributed by atoms with Crippen LogP contribution in [-0.2, 0) is 0 Å². The quantitative estimate of drug-likeness (QED) is 0.688. The van der Waals surface area contributed by atoms with E-state index in [9.17, 15) is 0 Å². The molecule has 0 spiro atoms. The smallest absolute Gasteiger partial charge is 0.122 e. The van der Waals surface area contributed by atoms with Crippen LogP contribution in [0.15, 0.2) is 42.6 Å². The normalized spacial score (nSPS) is 10.7. The molecular formula is C13H10N4S. The van der Waals surface area contributed by atoms with Gasteiger partial charge in [-0.15, -0.1) is 0 Å². The largest absolute Gasteiger partial charge is 0.388 e. The second-order valence-corrected chi connectivity index (χ2v) is 4.35. The van der Waals surface area contributed by atoms with Gasteiger partial charge in [-0.1, -0.05) is 30.4 Å². The van der Waals surface area contributed by atoms with Gasteiger partial charge in [0.25, 0.3) is 0 Å². The second-order valence-electron chi connectivity index (χ2n) is 3.91. The lowest BCUT2D eigenvalue weighted by molar-refractivity contribution is 1.12. The number of fused-ring (bicyclic) bond motifs is 1. The van der Waals surface area contributed by atoms with Crippen molar-refractivity contribution in [3.63, 3.8) is 0 Å². The highest BCUT2D eigenvalue weighted by Gasteiger charge is 2.07. The van der Waals surface area contributed by atoms with Gasteiger partial charge in [-0.05, 0) is 18.2 Å². The van der Waals surface area contributed by atoms with Crippen LogP contribution in [0.3, 0.4) is 0 Å². The van der Waals surface area contributed by atoms with Crippen molar-refractivity contribution < 1.29 is 0 Å². The Kier molecular flexibility index (Phi) is 2.53. The Morgan fingerprint density at radius 3 is 2.83 bits per heavy atom. The van der Waals surface area contributed by atoms with Gasteiger partial charge in [-0.3, -0.25) is 5.10 Å². The highest BCUT2D eigenvalue weighted by Crippen LogP contribution is 2.25. The summed E-state index contributed by atoms with van der Waals surface area (Å²) in [5.41, 5.74) is 9.07. The van der Waals surface area contributed by atoms with E-state index in [0.717, 1.165) is 22.2 Å². The summed E-state index contributed by atoms with van der Waals surface area (Å²) in [5, 5.41) is 8.01. The molecule has 2 aromatic heterocycles. The molecule has 4 nitrogen and oxygen atoms in total. The molecule has 0 saturated carbocycles. The summed E-state index contributed by atoms with van der Waals surface area (Å²) in [5.74, 6) is 0. The summed E-state index contributed by atoms with van der Waals surface area (Å²) in [4.78, 5) is 4.77. The number of nitrogens with two attached hydrogens (primary N) is 1. The minimum Gasteiger partial charge on any atom is -0.388 e. The Labute approximate surface area is 109 Å². The molecule has 0 aliphatic rings. The lowest BCUT2D eigenvalue weighted by atomic mass is 10.1. The third kappa shape index (κ3) is 1.74. The zero-order valence-corrected chi connectivity index (χ0v) is 10.2. The predicted molar refractivity (Wildman–Crippen MR) is 75.2 cm³/mol. The number of aromatic nitrogens is 3. The number of hydrogen-bond acceptors (Lipinski definition) is 3. The lowest BCUT2D eigenvalue weighted by Gasteiger charge is -2.04. The summed E-state index contributed by atoms with van der Waals surface area (Å²) < 4.78 is 0. The molecule has 5 heteroatoms. The minimum atomic E-state index is 0.302. The van der Waals surface area contributed by atoms with Gasteiger partial charge >= 0.3 is 0 Å². The van der Waals surface area contributed by atoms with E-state index in [0.29, 0.717) is 10.7 Å². The fraction of sp³-hybridized carbons (Fsp3) is 0. The van der Waals surface area contributed by atoms with E-state index in [1.165, 1.54) is 0 Å². The predicted octanol–water partition coefficient (Wildman–Crippen LogP) is 2.26. The molecule has 1 aromatic carbocycles. The molecular weight excluding hydrogens is 244 g/mol. The summed E-state index contributed by atoms with van der Waals surface area (Å²) in [6, 6.07) is 11.6. The van der Waals surface area contributed by atoms with Gasteiger partial charge in [-0.25, -0.2) is 4.98 Å². The number of H-pyrrole nitrogens is 1. The number of rotatable bonds is 2. The third-order valence-electron chi connectivity index (χ3n) is 2.76. The minimum absolute atomic E-state index is 0.302. The van der Waals surface area contributed by atoms with E-state index in [1.54, 1.807) is 12.3 Å². The Morgan fingerprint density at radius 2 is 2.00 bits per heavy atom. The van der Waals surface area contributed by atoms with Crippen LogP contribution in [0.5, 0.6) is 0 Å². The van der Waals surface area contributed by atoms with Crippen molar-refractivity contribution in [1.29, 1.82) is 0 Å². The molecule has 3 aromatic rings. The number of hydrogen-bond donors (Lipinski definition) is 2. The van der Waals surface area contributed by atoms with Crippen molar-refractivity contribution in [1.82, 2.24) is 15.2 Å². The molecule has 2 heterocycles. The number of thiocarbonyl (C=S) groups is 1. The number of pyridine rings is 1. The first kappa shape index (κ1) is 10.9. The van der Waals surface area contributed by atoms with E-state index in [-0.39, 0.29) is 0 Å². The highest BCUT2D eigenvalue weighted by molar-refractivity contribution is 7.80.